The van der Waals surface area contributed by atoms with Gasteiger partial charge in [0.1, 0.15) is 11.2 Å². The molecule has 0 saturated carbocycles. The lowest BCUT2D eigenvalue weighted by atomic mass is 10.1. The quantitative estimate of drug-likeness (QED) is 0.574. The lowest BCUT2D eigenvalue weighted by molar-refractivity contribution is 0.172. The van der Waals surface area contributed by atoms with Gasteiger partial charge < -0.3 is 5.11 Å². The number of pyridine rings is 1. The van der Waals surface area contributed by atoms with Gasteiger partial charge in [0.15, 0.2) is 0 Å². The van der Waals surface area contributed by atoms with Gasteiger partial charge in [0.25, 0.3) is 5.56 Å². The van der Waals surface area contributed by atoms with Crippen molar-refractivity contribution in [3.05, 3.63) is 64.4 Å². The molecule has 1 aromatic carbocycles. The minimum atomic E-state index is -0.660. The Bertz CT molecular complexity index is 1210. The number of hydrogen-bond acceptors (Lipinski definition) is 5. The molecule has 28 heavy (non-hydrogen) atoms. The largest absolute Gasteiger partial charge is 0.392 e. The fourth-order valence-electron chi connectivity index (χ4n) is 3.09. The summed E-state index contributed by atoms with van der Waals surface area (Å²) in [4.78, 5) is 22.3. The van der Waals surface area contributed by atoms with E-state index in [0.717, 1.165) is 11.1 Å². The Balaban J connectivity index is 2.01. The number of aromatic nitrogens is 5. The van der Waals surface area contributed by atoms with Gasteiger partial charge >= 0.3 is 0 Å². The van der Waals surface area contributed by atoms with Crippen LogP contribution in [0.1, 0.15) is 6.92 Å². The van der Waals surface area contributed by atoms with Crippen LogP contribution in [0.4, 0.5) is 0 Å². The van der Waals surface area contributed by atoms with Gasteiger partial charge in [-0.25, -0.2) is 9.97 Å². The molecular formula is C20H18ClN5O2. The van der Waals surface area contributed by atoms with Gasteiger partial charge in [-0.15, -0.1) is 0 Å². The normalized spacial score (nSPS) is 12.4. The van der Waals surface area contributed by atoms with Crippen LogP contribution in [-0.2, 0) is 13.6 Å². The molecule has 0 radical (unpaired) electrons. The summed E-state index contributed by atoms with van der Waals surface area (Å²) in [7, 11) is 1.82. The number of benzene rings is 1. The van der Waals surface area contributed by atoms with E-state index >= 15 is 0 Å². The number of nitrogens with zero attached hydrogens (tertiary/aromatic N) is 5. The smallest absolute Gasteiger partial charge is 0.261 e. The first-order valence-corrected chi connectivity index (χ1v) is 9.13. The van der Waals surface area contributed by atoms with Gasteiger partial charge in [-0.2, -0.15) is 5.10 Å². The summed E-state index contributed by atoms with van der Waals surface area (Å²) in [6.45, 7) is 1.80. The minimum Gasteiger partial charge on any atom is -0.392 e. The molecule has 0 amide bonds. The molecule has 1 N–H and O–H groups in total. The fourth-order valence-corrected chi connectivity index (χ4v) is 3.22. The fraction of sp³-hybridized carbons (Fsp3) is 0.200. The van der Waals surface area contributed by atoms with Crippen molar-refractivity contribution in [3.63, 3.8) is 0 Å². The van der Waals surface area contributed by atoms with Crippen molar-refractivity contribution < 1.29 is 5.11 Å². The van der Waals surface area contributed by atoms with E-state index in [1.54, 1.807) is 36.0 Å². The second-order valence-corrected chi connectivity index (χ2v) is 7.15. The lowest BCUT2D eigenvalue weighted by Gasteiger charge is -2.11. The van der Waals surface area contributed by atoms with Gasteiger partial charge in [0.2, 0.25) is 0 Å². The third-order valence-electron chi connectivity index (χ3n) is 4.39. The maximum atomic E-state index is 13.0. The molecule has 3 aromatic heterocycles. The van der Waals surface area contributed by atoms with Gasteiger partial charge in [0, 0.05) is 29.4 Å². The van der Waals surface area contributed by atoms with E-state index in [-0.39, 0.29) is 12.1 Å². The first kappa shape index (κ1) is 18.3. The summed E-state index contributed by atoms with van der Waals surface area (Å²) in [5, 5.41) is 14.9. The topological polar surface area (TPSA) is 85.8 Å². The number of aliphatic hydroxyl groups is 1. The van der Waals surface area contributed by atoms with Gasteiger partial charge in [-0.1, -0.05) is 23.7 Å². The molecule has 4 rings (SSSR count). The molecular weight excluding hydrogens is 378 g/mol. The number of aryl methyl sites for hydroxylation is 1. The molecule has 4 aromatic rings. The van der Waals surface area contributed by atoms with Crippen molar-refractivity contribution in [3.8, 4) is 22.5 Å². The zero-order chi connectivity index (χ0) is 19.8. The van der Waals surface area contributed by atoms with Gasteiger partial charge in [-0.3, -0.25) is 14.0 Å². The highest BCUT2D eigenvalue weighted by Gasteiger charge is 2.16. The molecule has 0 aliphatic rings. The predicted molar refractivity (Wildman–Crippen MR) is 108 cm³/mol. The molecule has 1 unspecified atom stereocenters. The molecule has 0 fully saturated rings. The van der Waals surface area contributed by atoms with Crippen LogP contribution in [-0.4, -0.2) is 35.5 Å². The molecule has 0 spiro atoms. The van der Waals surface area contributed by atoms with E-state index in [4.69, 9.17) is 16.6 Å². The average molecular weight is 396 g/mol. The Hall–Kier alpha value is -3.03. The van der Waals surface area contributed by atoms with E-state index < -0.39 is 6.10 Å². The van der Waals surface area contributed by atoms with Crippen LogP contribution < -0.4 is 5.56 Å². The Labute approximate surface area is 165 Å². The van der Waals surface area contributed by atoms with Crippen LogP contribution in [0.5, 0.6) is 0 Å². The summed E-state index contributed by atoms with van der Waals surface area (Å²) in [5.41, 5.74) is 3.09. The zero-order valence-corrected chi connectivity index (χ0v) is 16.1. The highest BCUT2D eigenvalue weighted by atomic mass is 35.5. The number of rotatable bonds is 4. The third kappa shape index (κ3) is 3.42. The summed E-state index contributed by atoms with van der Waals surface area (Å²) in [6.07, 6.45) is 4.31. The van der Waals surface area contributed by atoms with Crippen LogP contribution in [0.15, 0.2) is 53.8 Å². The monoisotopic (exact) mass is 395 g/mol. The summed E-state index contributed by atoms with van der Waals surface area (Å²) >= 11 is 6.00. The van der Waals surface area contributed by atoms with Crippen LogP contribution in [0.25, 0.3) is 33.4 Å². The zero-order valence-electron chi connectivity index (χ0n) is 15.4. The molecule has 0 bridgehead atoms. The molecule has 1 atom stereocenters. The number of fused-ring (bicyclic) bond motifs is 1. The maximum absolute atomic E-state index is 13.0. The van der Waals surface area contributed by atoms with Crippen molar-refractivity contribution in [1.82, 2.24) is 24.3 Å². The van der Waals surface area contributed by atoms with Crippen molar-refractivity contribution in [2.75, 3.05) is 0 Å². The minimum absolute atomic E-state index is 0.169. The molecule has 3 heterocycles. The predicted octanol–water partition coefficient (Wildman–Crippen LogP) is 2.89. The second kappa shape index (κ2) is 7.18. The molecule has 8 heteroatoms. The Morgan fingerprint density at radius 3 is 2.61 bits per heavy atom. The van der Waals surface area contributed by atoms with Crippen molar-refractivity contribution in [1.29, 1.82) is 0 Å². The van der Waals surface area contributed by atoms with Crippen molar-refractivity contribution in [2.45, 2.75) is 19.6 Å². The summed E-state index contributed by atoms with van der Waals surface area (Å²) in [5.74, 6) is 0. The van der Waals surface area contributed by atoms with E-state index in [0.29, 0.717) is 27.3 Å². The highest BCUT2D eigenvalue weighted by Crippen LogP contribution is 2.29. The molecule has 0 aliphatic carbocycles. The second-order valence-electron chi connectivity index (χ2n) is 6.71. The van der Waals surface area contributed by atoms with Crippen molar-refractivity contribution in [2.24, 2.45) is 7.05 Å². The molecule has 0 aliphatic heterocycles. The van der Waals surface area contributed by atoms with Crippen LogP contribution in [0, 0.1) is 0 Å². The Kier molecular flexibility index (Phi) is 4.70. The first-order chi connectivity index (χ1) is 13.4. The number of halogens is 1. The van der Waals surface area contributed by atoms with E-state index in [2.05, 4.69) is 10.1 Å². The van der Waals surface area contributed by atoms with Crippen LogP contribution in [0.2, 0.25) is 5.02 Å². The standard InChI is InChI=1S/C20H18ClN5O2/c1-12(27)9-26-11-22-19-16(20(26)28)7-17(13-3-5-15(21)6-4-13)24-18(19)14-8-23-25(2)10-14/h3-8,10-12,27H,9H2,1-2H3. The summed E-state index contributed by atoms with van der Waals surface area (Å²) in [6, 6.07) is 9.00. The first-order valence-electron chi connectivity index (χ1n) is 8.75. The van der Waals surface area contributed by atoms with E-state index in [9.17, 15) is 9.90 Å². The lowest BCUT2D eigenvalue weighted by Crippen LogP contribution is -2.25. The van der Waals surface area contributed by atoms with Gasteiger partial charge in [-0.05, 0) is 25.1 Å². The van der Waals surface area contributed by atoms with Gasteiger partial charge in [0.05, 0.1) is 36.3 Å². The van der Waals surface area contributed by atoms with E-state index in [1.807, 2.05) is 25.4 Å². The maximum Gasteiger partial charge on any atom is 0.261 e. The Morgan fingerprint density at radius 1 is 1.21 bits per heavy atom. The average Bonchev–Trinajstić information content (AvgIpc) is 3.10. The molecule has 7 nitrogen and oxygen atoms in total. The van der Waals surface area contributed by atoms with Crippen LogP contribution >= 0.6 is 11.6 Å². The molecule has 0 saturated heterocycles. The summed E-state index contributed by atoms with van der Waals surface area (Å²) < 4.78 is 3.08. The van der Waals surface area contributed by atoms with Crippen LogP contribution in [0.3, 0.4) is 0 Å². The highest BCUT2D eigenvalue weighted by molar-refractivity contribution is 6.30. The number of aliphatic hydroxyl groups excluding tert-OH is 1. The van der Waals surface area contributed by atoms with E-state index in [1.165, 1.54) is 10.9 Å². The van der Waals surface area contributed by atoms with Crippen molar-refractivity contribution >= 4 is 22.5 Å². The third-order valence-corrected chi connectivity index (χ3v) is 4.64. The molecule has 142 valence electrons. The number of hydrogen-bond donors (Lipinski definition) is 1. The SMILES string of the molecule is CC(O)Cn1cnc2c(-c3cnn(C)c3)nc(-c3ccc(Cl)cc3)cc2c1=O. The Morgan fingerprint density at radius 2 is 1.96 bits per heavy atom.